The summed E-state index contributed by atoms with van der Waals surface area (Å²) in [5.74, 6) is -1.56. The van der Waals surface area contributed by atoms with Gasteiger partial charge in [-0.05, 0) is 36.1 Å². The van der Waals surface area contributed by atoms with Gasteiger partial charge in [0, 0.05) is 0 Å². The smallest absolute Gasteiger partial charge is 0.261 e. The molecule has 0 fully saturated rings. The molecular weight excluding hydrogens is 204 g/mol. The summed E-state index contributed by atoms with van der Waals surface area (Å²) in [6.45, 7) is 4.10. The highest BCUT2D eigenvalue weighted by molar-refractivity contribution is 6.36. The van der Waals surface area contributed by atoms with Crippen molar-refractivity contribution in [1.82, 2.24) is 0 Å². The van der Waals surface area contributed by atoms with Gasteiger partial charge in [0.15, 0.2) is 0 Å². The van der Waals surface area contributed by atoms with Gasteiger partial charge in [-0.25, -0.2) is 9.98 Å². The predicted molar refractivity (Wildman–Crippen MR) is 57.5 cm³/mol. The Morgan fingerprint density at radius 3 is 1.56 bits per heavy atom. The van der Waals surface area contributed by atoms with E-state index < -0.39 is 11.8 Å². The number of carbonyl (C=O) groups is 2. The van der Waals surface area contributed by atoms with Gasteiger partial charge in [-0.15, -0.1) is 0 Å². The third kappa shape index (κ3) is 1.66. The quantitative estimate of drug-likeness (QED) is 0.659. The van der Waals surface area contributed by atoms with Crippen molar-refractivity contribution in [3.63, 3.8) is 0 Å². The fraction of sp³-hybridized carbons (Fsp3) is 0.333. The fourth-order valence-corrected chi connectivity index (χ4v) is 1.82. The molecular formula is C12H12N2O2. The zero-order valence-electron chi connectivity index (χ0n) is 9.28. The summed E-state index contributed by atoms with van der Waals surface area (Å²) in [7, 11) is 0. The second-order valence-electron chi connectivity index (χ2n) is 3.65. The van der Waals surface area contributed by atoms with E-state index in [1.54, 1.807) is 0 Å². The third-order valence-corrected chi connectivity index (χ3v) is 2.69. The molecule has 82 valence electrons. The molecule has 1 aromatic carbocycles. The Morgan fingerprint density at radius 2 is 1.25 bits per heavy atom. The zero-order valence-corrected chi connectivity index (χ0v) is 9.28. The normalized spacial score (nSPS) is 14.1. The minimum absolute atomic E-state index is 0.513. The molecule has 0 spiro atoms. The third-order valence-electron chi connectivity index (χ3n) is 2.69. The largest absolute Gasteiger partial charge is 0.338 e. The summed E-state index contributed by atoms with van der Waals surface area (Å²) >= 11 is 0. The maximum absolute atomic E-state index is 11.1. The second kappa shape index (κ2) is 3.96. The van der Waals surface area contributed by atoms with E-state index in [0.29, 0.717) is 10.7 Å². The average Bonchev–Trinajstić information content (AvgIpc) is 2.29. The lowest BCUT2D eigenvalue weighted by Gasteiger charge is -2.06. The Hall–Kier alpha value is -1.84. The Bertz CT molecular complexity index is 535. The maximum Gasteiger partial charge on any atom is 0.338 e. The molecule has 0 atom stereocenters. The summed E-state index contributed by atoms with van der Waals surface area (Å²) in [4.78, 5) is 29.7. The lowest BCUT2D eigenvalue weighted by molar-refractivity contribution is -0.135. The van der Waals surface area contributed by atoms with Crippen molar-refractivity contribution in [3.05, 3.63) is 34.0 Å². The van der Waals surface area contributed by atoms with Gasteiger partial charge in [-0.1, -0.05) is 13.8 Å². The van der Waals surface area contributed by atoms with Crippen LogP contribution in [0.5, 0.6) is 0 Å². The fourth-order valence-electron chi connectivity index (χ4n) is 1.82. The predicted octanol–water partition coefficient (Wildman–Crippen LogP) is 0.117. The second-order valence-corrected chi connectivity index (χ2v) is 3.65. The van der Waals surface area contributed by atoms with Crippen LogP contribution in [0.15, 0.2) is 22.1 Å². The van der Waals surface area contributed by atoms with Crippen LogP contribution >= 0.6 is 0 Å². The Labute approximate surface area is 92.7 Å². The van der Waals surface area contributed by atoms with Crippen molar-refractivity contribution in [2.75, 3.05) is 0 Å². The molecule has 0 bridgehead atoms. The van der Waals surface area contributed by atoms with Crippen molar-refractivity contribution in [1.29, 1.82) is 0 Å². The number of amides is 2. The zero-order chi connectivity index (χ0) is 11.7. The lowest BCUT2D eigenvalue weighted by atomic mass is 10.0. The average molecular weight is 216 g/mol. The van der Waals surface area contributed by atoms with Gasteiger partial charge < -0.3 is 0 Å². The molecule has 1 aromatic rings. The first kappa shape index (κ1) is 10.7. The van der Waals surface area contributed by atoms with Crippen molar-refractivity contribution in [3.8, 4) is 0 Å². The number of carbonyl (C=O) groups excluding carboxylic acids is 2. The van der Waals surface area contributed by atoms with Crippen LogP contribution in [0.1, 0.15) is 25.0 Å². The Morgan fingerprint density at radius 1 is 0.875 bits per heavy atom. The molecule has 2 amide bonds. The summed E-state index contributed by atoms with van der Waals surface area (Å²) in [6.07, 6.45) is 1.77. The van der Waals surface area contributed by atoms with Crippen molar-refractivity contribution >= 4 is 11.8 Å². The summed E-state index contributed by atoms with van der Waals surface area (Å²) in [6, 6.07) is 3.70. The van der Waals surface area contributed by atoms with E-state index in [9.17, 15) is 9.59 Å². The van der Waals surface area contributed by atoms with Crippen LogP contribution < -0.4 is 10.7 Å². The molecule has 0 saturated carbocycles. The molecule has 1 aliphatic heterocycles. The summed E-state index contributed by atoms with van der Waals surface area (Å²) in [5, 5.41) is 1.03. The van der Waals surface area contributed by atoms with Crippen LogP contribution in [0.3, 0.4) is 0 Å². The van der Waals surface area contributed by atoms with Gasteiger partial charge in [-0.2, -0.15) is 0 Å². The molecule has 0 aliphatic carbocycles. The molecule has 2 rings (SSSR count). The van der Waals surface area contributed by atoms with E-state index in [1.807, 2.05) is 26.0 Å². The molecule has 0 saturated heterocycles. The van der Waals surface area contributed by atoms with E-state index in [0.717, 1.165) is 24.0 Å². The van der Waals surface area contributed by atoms with Crippen molar-refractivity contribution < 1.29 is 9.59 Å². The van der Waals surface area contributed by atoms with Gasteiger partial charge in [0.1, 0.15) is 0 Å². The number of fused-ring (bicyclic) bond motifs is 1. The number of aryl methyl sites for hydroxylation is 2. The number of hydrogen-bond donors (Lipinski definition) is 0. The van der Waals surface area contributed by atoms with E-state index in [4.69, 9.17) is 0 Å². The molecule has 1 heterocycles. The highest BCUT2D eigenvalue weighted by atomic mass is 16.2. The monoisotopic (exact) mass is 216 g/mol. The molecule has 4 nitrogen and oxygen atoms in total. The minimum Gasteiger partial charge on any atom is -0.261 e. The molecule has 16 heavy (non-hydrogen) atoms. The SMILES string of the molecule is CCc1cc2c(cc1CC)=NC(=O)C(=O)N=2. The molecule has 1 aliphatic rings. The molecule has 0 radical (unpaired) electrons. The number of hydrogen-bond acceptors (Lipinski definition) is 2. The maximum atomic E-state index is 11.1. The minimum atomic E-state index is -0.779. The van der Waals surface area contributed by atoms with Gasteiger partial charge in [0.05, 0.1) is 10.7 Å². The van der Waals surface area contributed by atoms with Crippen LogP contribution in [-0.4, -0.2) is 11.8 Å². The topological polar surface area (TPSA) is 58.9 Å². The van der Waals surface area contributed by atoms with E-state index in [-0.39, 0.29) is 0 Å². The summed E-state index contributed by atoms with van der Waals surface area (Å²) < 4.78 is 0. The van der Waals surface area contributed by atoms with Gasteiger partial charge in [-0.3, -0.25) is 9.59 Å². The van der Waals surface area contributed by atoms with Crippen LogP contribution in [0.2, 0.25) is 0 Å². The number of nitrogens with zero attached hydrogens (tertiary/aromatic N) is 2. The van der Waals surface area contributed by atoms with E-state index >= 15 is 0 Å². The number of benzene rings is 1. The van der Waals surface area contributed by atoms with E-state index in [2.05, 4.69) is 9.98 Å². The van der Waals surface area contributed by atoms with Gasteiger partial charge >= 0.3 is 11.8 Å². The van der Waals surface area contributed by atoms with Gasteiger partial charge in [0.25, 0.3) is 0 Å². The Kier molecular flexibility index (Phi) is 2.64. The van der Waals surface area contributed by atoms with Crippen LogP contribution in [0.4, 0.5) is 0 Å². The van der Waals surface area contributed by atoms with Crippen LogP contribution in [0.25, 0.3) is 0 Å². The molecule has 4 heteroatoms. The molecule has 0 unspecified atom stereocenters. The van der Waals surface area contributed by atoms with Crippen LogP contribution in [0, 0.1) is 0 Å². The van der Waals surface area contributed by atoms with Crippen LogP contribution in [-0.2, 0) is 22.4 Å². The van der Waals surface area contributed by atoms with Crippen molar-refractivity contribution in [2.24, 2.45) is 9.98 Å². The highest BCUT2D eigenvalue weighted by Crippen LogP contribution is 2.06. The first-order valence-electron chi connectivity index (χ1n) is 5.33. The first-order valence-corrected chi connectivity index (χ1v) is 5.33. The summed E-state index contributed by atoms with van der Waals surface area (Å²) in [5.41, 5.74) is 2.31. The molecule has 0 N–H and O–H groups in total. The van der Waals surface area contributed by atoms with Gasteiger partial charge in [0.2, 0.25) is 0 Å². The molecule has 0 aromatic heterocycles. The van der Waals surface area contributed by atoms with E-state index in [1.165, 1.54) is 0 Å². The Balaban J connectivity index is 2.76. The number of rotatable bonds is 2. The van der Waals surface area contributed by atoms with Crippen molar-refractivity contribution in [2.45, 2.75) is 26.7 Å². The standard InChI is InChI=1S/C12H12N2O2/c1-3-7-5-9-10(6-8(7)4-2)14-12(16)11(15)13-9/h5-6H,3-4H2,1-2H3. The first-order chi connectivity index (χ1) is 7.65. The lowest BCUT2D eigenvalue weighted by Crippen LogP contribution is -2.35. The highest BCUT2D eigenvalue weighted by Gasteiger charge is 2.15.